The molecule has 0 aliphatic heterocycles. The summed E-state index contributed by atoms with van der Waals surface area (Å²) in [4.78, 5) is 37.5. The molecule has 7 nitrogen and oxygen atoms in total. The molecule has 0 bridgehead atoms. The summed E-state index contributed by atoms with van der Waals surface area (Å²) in [5, 5.41) is 11.9. The summed E-state index contributed by atoms with van der Waals surface area (Å²) in [5.74, 6) is -1.79. The summed E-state index contributed by atoms with van der Waals surface area (Å²) in [5.41, 5.74) is 4.03. The molecule has 1 fully saturated rings. The number of ether oxygens (including phenoxy) is 1. The van der Waals surface area contributed by atoms with Crippen molar-refractivity contribution in [2.45, 2.75) is 37.6 Å². The monoisotopic (exact) mass is 436 g/mol. The van der Waals surface area contributed by atoms with Crippen LogP contribution in [0.2, 0.25) is 0 Å². The lowest BCUT2D eigenvalue weighted by molar-refractivity contribution is -0.142. The Bertz CT molecular complexity index is 1000. The number of nitrogens with one attached hydrogen (secondary N) is 1. The molecule has 7 heteroatoms. The van der Waals surface area contributed by atoms with E-state index in [1.165, 1.54) is 16.0 Å². The standard InChI is InChI=1S/C25H28N2O5/c1-16(23(29)30)14-27(2)22(28)13-25(11-12-25)26-24(31)32-15-21-19-9-5-3-7-17(19)18-8-4-6-10-20(18)21/h3-10,16,21H,11-15H2,1-2H3,(H,26,31)(H,29,30). The quantitative estimate of drug-likeness (QED) is 0.659. The van der Waals surface area contributed by atoms with Gasteiger partial charge in [-0.1, -0.05) is 55.5 Å². The van der Waals surface area contributed by atoms with Crippen LogP contribution in [0.5, 0.6) is 0 Å². The van der Waals surface area contributed by atoms with E-state index >= 15 is 0 Å². The van der Waals surface area contributed by atoms with E-state index in [-0.39, 0.29) is 31.4 Å². The number of hydrogen-bond acceptors (Lipinski definition) is 4. The van der Waals surface area contributed by atoms with Gasteiger partial charge in [-0.15, -0.1) is 0 Å². The van der Waals surface area contributed by atoms with Crippen LogP contribution in [0.15, 0.2) is 48.5 Å². The van der Waals surface area contributed by atoms with Crippen LogP contribution in [0.1, 0.15) is 43.2 Å². The molecule has 1 unspecified atom stereocenters. The molecule has 168 valence electrons. The first-order valence-electron chi connectivity index (χ1n) is 10.9. The van der Waals surface area contributed by atoms with Gasteiger partial charge in [0.25, 0.3) is 0 Å². The third kappa shape index (κ3) is 4.47. The number of nitrogens with zero attached hydrogens (tertiary/aromatic N) is 1. The first-order chi connectivity index (χ1) is 15.3. The van der Waals surface area contributed by atoms with E-state index in [4.69, 9.17) is 9.84 Å². The molecule has 0 spiro atoms. The number of rotatable bonds is 8. The summed E-state index contributed by atoms with van der Waals surface area (Å²) in [6, 6.07) is 16.3. The fourth-order valence-electron chi connectivity index (χ4n) is 4.36. The van der Waals surface area contributed by atoms with Gasteiger partial charge in [-0.25, -0.2) is 4.79 Å². The maximum absolute atomic E-state index is 12.6. The number of carboxylic acids is 1. The van der Waals surface area contributed by atoms with Crippen molar-refractivity contribution in [1.82, 2.24) is 10.2 Å². The van der Waals surface area contributed by atoms with Crippen molar-refractivity contribution < 1.29 is 24.2 Å². The Labute approximate surface area is 187 Å². The predicted octanol–water partition coefficient (Wildman–Crippen LogP) is 3.63. The van der Waals surface area contributed by atoms with Crippen molar-refractivity contribution in [3.8, 4) is 11.1 Å². The zero-order chi connectivity index (χ0) is 22.9. The molecule has 1 atom stereocenters. The van der Waals surface area contributed by atoms with Crippen molar-refractivity contribution in [2.24, 2.45) is 5.92 Å². The lowest BCUT2D eigenvalue weighted by Gasteiger charge is -2.23. The molecule has 0 radical (unpaired) electrons. The average molecular weight is 437 g/mol. The molecule has 2 aromatic rings. The van der Waals surface area contributed by atoms with Crippen LogP contribution >= 0.6 is 0 Å². The Morgan fingerprint density at radius 1 is 1.09 bits per heavy atom. The highest BCUT2D eigenvalue weighted by Gasteiger charge is 2.47. The zero-order valence-electron chi connectivity index (χ0n) is 18.3. The Morgan fingerprint density at radius 2 is 1.66 bits per heavy atom. The van der Waals surface area contributed by atoms with E-state index in [0.29, 0.717) is 12.8 Å². The second-order valence-electron chi connectivity index (χ2n) is 8.92. The van der Waals surface area contributed by atoms with E-state index in [0.717, 1.165) is 11.1 Å². The molecule has 1 saturated carbocycles. The van der Waals surface area contributed by atoms with Gasteiger partial charge in [0.2, 0.25) is 5.91 Å². The van der Waals surface area contributed by atoms with Crippen LogP contribution in [-0.2, 0) is 14.3 Å². The zero-order valence-corrected chi connectivity index (χ0v) is 18.3. The van der Waals surface area contributed by atoms with Gasteiger partial charge in [-0.3, -0.25) is 9.59 Å². The molecular formula is C25H28N2O5. The van der Waals surface area contributed by atoms with Crippen LogP contribution in [0.4, 0.5) is 4.79 Å². The van der Waals surface area contributed by atoms with E-state index in [1.807, 2.05) is 24.3 Å². The fourth-order valence-corrected chi connectivity index (χ4v) is 4.36. The van der Waals surface area contributed by atoms with Crippen molar-refractivity contribution in [3.63, 3.8) is 0 Å². The van der Waals surface area contributed by atoms with E-state index in [2.05, 4.69) is 29.6 Å². The molecule has 0 heterocycles. The molecule has 2 aromatic carbocycles. The first kappa shape index (κ1) is 21.9. The van der Waals surface area contributed by atoms with Crippen LogP contribution in [0.25, 0.3) is 11.1 Å². The minimum atomic E-state index is -0.942. The summed E-state index contributed by atoms with van der Waals surface area (Å²) < 4.78 is 5.60. The lowest BCUT2D eigenvalue weighted by Crippen LogP contribution is -2.43. The van der Waals surface area contributed by atoms with Gasteiger partial charge in [0.05, 0.1) is 17.9 Å². The predicted molar refractivity (Wildman–Crippen MR) is 119 cm³/mol. The third-order valence-corrected chi connectivity index (χ3v) is 6.45. The molecule has 2 aliphatic carbocycles. The molecule has 4 rings (SSSR count). The van der Waals surface area contributed by atoms with Crippen LogP contribution in [0, 0.1) is 5.92 Å². The van der Waals surface area contributed by atoms with Gasteiger partial charge in [0.1, 0.15) is 6.61 Å². The number of amides is 2. The highest BCUT2D eigenvalue weighted by Crippen LogP contribution is 2.44. The molecule has 2 amide bonds. The number of carboxylic acid groups (broad SMARTS) is 1. The smallest absolute Gasteiger partial charge is 0.407 e. The number of fused-ring (bicyclic) bond motifs is 3. The van der Waals surface area contributed by atoms with Gasteiger partial charge >= 0.3 is 12.1 Å². The van der Waals surface area contributed by atoms with E-state index in [1.54, 1.807) is 14.0 Å². The van der Waals surface area contributed by atoms with E-state index in [9.17, 15) is 14.4 Å². The second kappa shape index (κ2) is 8.65. The molecule has 2 aliphatic rings. The highest BCUT2D eigenvalue weighted by molar-refractivity contribution is 5.81. The summed E-state index contributed by atoms with van der Waals surface area (Å²) >= 11 is 0. The molecule has 2 N–H and O–H groups in total. The number of hydrogen-bond donors (Lipinski definition) is 2. The van der Waals surface area contributed by atoms with Crippen LogP contribution in [0.3, 0.4) is 0 Å². The second-order valence-corrected chi connectivity index (χ2v) is 8.92. The summed E-state index contributed by atoms with van der Waals surface area (Å²) in [7, 11) is 1.59. The maximum Gasteiger partial charge on any atom is 0.407 e. The summed E-state index contributed by atoms with van der Waals surface area (Å²) in [6.45, 7) is 1.92. The molecule has 0 aromatic heterocycles. The normalized spacial score (nSPS) is 16.4. The number of carbonyl (C=O) groups is 3. The van der Waals surface area contributed by atoms with Gasteiger partial charge in [0.15, 0.2) is 0 Å². The van der Waals surface area contributed by atoms with Crippen molar-refractivity contribution in [3.05, 3.63) is 59.7 Å². The van der Waals surface area contributed by atoms with E-state index < -0.39 is 23.5 Å². The van der Waals surface area contributed by atoms with Gasteiger partial charge in [0, 0.05) is 19.5 Å². The van der Waals surface area contributed by atoms with Crippen LogP contribution in [-0.4, -0.2) is 53.7 Å². The van der Waals surface area contributed by atoms with Gasteiger partial charge in [-0.2, -0.15) is 0 Å². The Kier molecular flexibility index (Phi) is 5.91. The number of aliphatic carboxylic acids is 1. The topological polar surface area (TPSA) is 95.9 Å². The van der Waals surface area contributed by atoms with Gasteiger partial charge < -0.3 is 20.1 Å². The Balaban J connectivity index is 1.34. The minimum Gasteiger partial charge on any atom is -0.481 e. The minimum absolute atomic E-state index is 0.0198. The SMILES string of the molecule is CC(CN(C)C(=O)CC1(NC(=O)OCC2c3ccccc3-c3ccccc32)CC1)C(=O)O. The lowest BCUT2D eigenvalue weighted by atomic mass is 9.98. The van der Waals surface area contributed by atoms with Crippen molar-refractivity contribution >= 4 is 18.0 Å². The number of alkyl carbamates (subject to hydrolysis) is 1. The highest BCUT2D eigenvalue weighted by atomic mass is 16.5. The largest absolute Gasteiger partial charge is 0.481 e. The first-order valence-corrected chi connectivity index (χ1v) is 10.9. The molecule has 32 heavy (non-hydrogen) atoms. The van der Waals surface area contributed by atoms with Crippen molar-refractivity contribution in [1.29, 1.82) is 0 Å². The van der Waals surface area contributed by atoms with Crippen LogP contribution < -0.4 is 5.32 Å². The third-order valence-electron chi connectivity index (χ3n) is 6.45. The Hall–Kier alpha value is -3.35. The van der Waals surface area contributed by atoms with Gasteiger partial charge in [-0.05, 0) is 35.1 Å². The maximum atomic E-state index is 12.6. The number of carbonyl (C=O) groups excluding carboxylic acids is 2. The fraction of sp³-hybridized carbons (Fsp3) is 0.400. The molecule has 0 saturated heterocycles. The molecular weight excluding hydrogens is 408 g/mol. The number of benzene rings is 2. The van der Waals surface area contributed by atoms with Crippen molar-refractivity contribution in [2.75, 3.05) is 20.2 Å². The summed E-state index contributed by atoms with van der Waals surface area (Å²) in [6.07, 6.45) is 1.01. The Morgan fingerprint density at radius 3 is 2.19 bits per heavy atom. The average Bonchev–Trinajstić information content (AvgIpc) is 3.44.